The van der Waals surface area contributed by atoms with E-state index in [1.54, 1.807) is 24.7 Å². The molecule has 0 radical (unpaired) electrons. The Balaban J connectivity index is 1.41. The van der Waals surface area contributed by atoms with Crippen molar-refractivity contribution in [2.24, 2.45) is 0 Å². The lowest BCUT2D eigenvalue weighted by atomic mass is 10.1. The summed E-state index contributed by atoms with van der Waals surface area (Å²) < 4.78 is 16.0. The molecule has 6 heterocycles. The summed E-state index contributed by atoms with van der Waals surface area (Å²) in [6, 6.07) is 7.25. The Bertz CT molecular complexity index is 1780. The van der Waals surface area contributed by atoms with Gasteiger partial charge in [-0.15, -0.1) is 0 Å². The molecule has 0 aromatic carbocycles. The lowest BCUT2D eigenvalue weighted by Crippen LogP contribution is -2.11. The second-order valence-corrected chi connectivity index (χ2v) is 8.78. The highest BCUT2D eigenvalue weighted by Gasteiger charge is 2.21. The van der Waals surface area contributed by atoms with Gasteiger partial charge in [0.05, 0.1) is 46.4 Å². The monoisotopic (exact) mass is 507 g/mol. The van der Waals surface area contributed by atoms with Gasteiger partial charge in [0.15, 0.2) is 11.6 Å². The summed E-state index contributed by atoms with van der Waals surface area (Å²) in [4.78, 5) is 37.3. The molecule has 0 aliphatic carbocycles. The zero-order chi connectivity index (χ0) is 26.1. The fourth-order valence-electron chi connectivity index (χ4n) is 4.30. The van der Waals surface area contributed by atoms with Gasteiger partial charge in [0.25, 0.3) is 0 Å². The minimum absolute atomic E-state index is 0.0873. The van der Waals surface area contributed by atoms with Crippen LogP contribution in [0, 0.1) is 5.82 Å². The fourth-order valence-corrected chi connectivity index (χ4v) is 4.30. The number of nitrogens with one attached hydrogen (secondary N) is 3. The zero-order valence-corrected chi connectivity index (χ0v) is 20.4. The molecule has 0 saturated carbocycles. The highest BCUT2D eigenvalue weighted by molar-refractivity contribution is 5.97. The minimum Gasteiger partial charge on any atom is -0.335 e. The maximum atomic E-state index is 16.0. The molecule has 6 aromatic heterocycles. The SMILES string of the molecule is CCCCC(=O)Nc1cncc(-c2ncc3[nH]nc(-c4nc5c(-c6ccccn6)cncc5[nH]4)c3c2F)c1. The van der Waals surface area contributed by atoms with Crippen molar-refractivity contribution in [2.75, 3.05) is 5.32 Å². The maximum absolute atomic E-state index is 16.0. The van der Waals surface area contributed by atoms with Crippen LogP contribution in [0.4, 0.5) is 10.1 Å². The van der Waals surface area contributed by atoms with Crippen molar-refractivity contribution in [1.82, 2.24) is 40.1 Å². The number of aromatic nitrogens is 8. The Morgan fingerprint density at radius 3 is 2.76 bits per heavy atom. The number of unbranched alkanes of at least 4 members (excludes halogenated alkanes) is 1. The Morgan fingerprint density at radius 1 is 1.03 bits per heavy atom. The lowest BCUT2D eigenvalue weighted by molar-refractivity contribution is -0.116. The van der Waals surface area contributed by atoms with Gasteiger partial charge in [-0.1, -0.05) is 19.4 Å². The number of carbonyl (C=O) groups is 1. The third-order valence-electron chi connectivity index (χ3n) is 6.16. The van der Waals surface area contributed by atoms with E-state index in [1.807, 2.05) is 25.1 Å². The molecule has 6 aromatic rings. The predicted octanol–water partition coefficient (Wildman–Crippen LogP) is 5.29. The first-order valence-electron chi connectivity index (χ1n) is 12.2. The molecule has 0 spiro atoms. The van der Waals surface area contributed by atoms with E-state index in [0.717, 1.165) is 24.1 Å². The number of aromatic amines is 2. The Morgan fingerprint density at radius 2 is 1.92 bits per heavy atom. The molecule has 11 heteroatoms. The average Bonchev–Trinajstić information content (AvgIpc) is 3.57. The molecule has 38 heavy (non-hydrogen) atoms. The number of hydrogen-bond donors (Lipinski definition) is 3. The van der Waals surface area contributed by atoms with Crippen molar-refractivity contribution in [3.63, 3.8) is 0 Å². The Labute approximate surface area is 215 Å². The van der Waals surface area contributed by atoms with Gasteiger partial charge in [0.1, 0.15) is 16.9 Å². The summed E-state index contributed by atoms with van der Waals surface area (Å²) >= 11 is 0. The minimum atomic E-state index is -0.578. The molecule has 0 unspecified atom stereocenters. The van der Waals surface area contributed by atoms with E-state index in [2.05, 4.69) is 40.4 Å². The molecule has 0 fully saturated rings. The Hall–Kier alpha value is -5.06. The number of nitrogens with zero attached hydrogens (tertiary/aromatic N) is 6. The summed E-state index contributed by atoms with van der Waals surface area (Å²) in [5, 5.41) is 10.2. The quantitative estimate of drug-likeness (QED) is 0.267. The van der Waals surface area contributed by atoms with Crippen LogP contribution in [0.1, 0.15) is 26.2 Å². The summed E-state index contributed by atoms with van der Waals surface area (Å²) in [5.74, 6) is -0.315. The number of halogens is 1. The molecular formula is C27H22FN9O. The molecule has 0 bridgehead atoms. The van der Waals surface area contributed by atoms with Gasteiger partial charge in [-0.2, -0.15) is 5.10 Å². The number of amides is 1. The average molecular weight is 508 g/mol. The molecule has 6 rings (SSSR count). The third-order valence-corrected chi connectivity index (χ3v) is 6.16. The first-order chi connectivity index (χ1) is 18.6. The van der Waals surface area contributed by atoms with E-state index in [4.69, 9.17) is 4.98 Å². The molecular weight excluding hydrogens is 485 g/mol. The second kappa shape index (κ2) is 9.77. The molecule has 0 saturated heterocycles. The number of fused-ring (bicyclic) bond motifs is 2. The highest BCUT2D eigenvalue weighted by atomic mass is 19.1. The molecule has 1 amide bonds. The van der Waals surface area contributed by atoms with Gasteiger partial charge in [-0.3, -0.25) is 29.8 Å². The predicted molar refractivity (Wildman–Crippen MR) is 141 cm³/mol. The topological polar surface area (TPSA) is 138 Å². The van der Waals surface area contributed by atoms with Crippen LogP contribution in [0.25, 0.3) is 56.0 Å². The van der Waals surface area contributed by atoms with Crippen LogP contribution in [0.5, 0.6) is 0 Å². The smallest absolute Gasteiger partial charge is 0.224 e. The normalized spacial score (nSPS) is 11.3. The van der Waals surface area contributed by atoms with Crippen LogP contribution in [-0.2, 0) is 4.79 Å². The van der Waals surface area contributed by atoms with E-state index in [1.165, 1.54) is 18.6 Å². The number of imidazole rings is 1. The summed E-state index contributed by atoms with van der Waals surface area (Å²) in [6.07, 6.45) is 11.7. The van der Waals surface area contributed by atoms with Crippen LogP contribution in [0.15, 0.2) is 61.4 Å². The molecule has 10 nitrogen and oxygen atoms in total. The second-order valence-electron chi connectivity index (χ2n) is 8.78. The number of H-pyrrole nitrogens is 2. The largest absolute Gasteiger partial charge is 0.335 e. The van der Waals surface area contributed by atoms with Crippen molar-refractivity contribution in [3.8, 4) is 34.0 Å². The van der Waals surface area contributed by atoms with E-state index in [-0.39, 0.29) is 17.0 Å². The number of rotatable bonds is 7. The van der Waals surface area contributed by atoms with Gasteiger partial charge in [-0.25, -0.2) is 9.37 Å². The fraction of sp³-hybridized carbons (Fsp3) is 0.148. The molecule has 0 aliphatic heterocycles. The van der Waals surface area contributed by atoms with Crippen LogP contribution < -0.4 is 5.32 Å². The van der Waals surface area contributed by atoms with E-state index in [0.29, 0.717) is 45.7 Å². The lowest BCUT2D eigenvalue weighted by Gasteiger charge is -2.08. The first-order valence-corrected chi connectivity index (χ1v) is 12.2. The van der Waals surface area contributed by atoms with Crippen molar-refractivity contribution >= 4 is 33.5 Å². The Kier molecular flexibility index (Phi) is 6.00. The van der Waals surface area contributed by atoms with Crippen LogP contribution >= 0.6 is 0 Å². The maximum Gasteiger partial charge on any atom is 0.224 e. The van der Waals surface area contributed by atoms with E-state index >= 15 is 4.39 Å². The van der Waals surface area contributed by atoms with E-state index in [9.17, 15) is 4.79 Å². The van der Waals surface area contributed by atoms with Crippen molar-refractivity contribution in [1.29, 1.82) is 0 Å². The summed E-state index contributed by atoms with van der Waals surface area (Å²) in [6.45, 7) is 2.02. The van der Waals surface area contributed by atoms with Gasteiger partial charge < -0.3 is 10.3 Å². The van der Waals surface area contributed by atoms with Gasteiger partial charge in [-0.05, 0) is 24.6 Å². The van der Waals surface area contributed by atoms with Crippen LogP contribution in [0.2, 0.25) is 0 Å². The standard InChI is InChI=1S/C27H22FN9O/c1-2-3-7-21(38)33-16-9-15(10-29-11-16)24-23(28)22-19(14-32-24)36-37-26(22)27-34-20-13-30-12-17(25(20)35-27)18-6-4-5-8-31-18/h4-6,8-14H,2-3,7H2,1H3,(H,33,38)(H,34,35)(H,36,37). The van der Waals surface area contributed by atoms with Crippen LogP contribution in [0.3, 0.4) is 0 Å². The van der Waals surface area contributed by atoms with Gasteiger partial charge >= 0.3 is 0 Å². The summed E-state index contributed by atoms with van der Waals surface area (Å²) in [5.41, 5.74) is 4.51. The van der Waals surface area contributed by atoms with Crippen molar-refractivity contribution in [2.45, 2.75) is 26.2 Å². The molecule has 0 atom stereocenters. The molecule has 188 valence electrons. The highest BCUT2D eigenvalue weighted by Crippen LogP contribution is 2.34. The number of hydrogen-bond acceptors (Lipinski definition) is 7. The third kappa shape index (κ3) is 4.23. The number of carbonyl (C=O) groups excluding carboxylic acids is 1. The molecule has 3 N–H and O–H groups in total. The van der Waals surface area contributed by atoms with Gasteiger partial charge in [0, 0.05) is 36.1 Å². The first kappa shape index (κ1) is 23.3. The number of anilines is 1. The summed E-state index contributed by atoms with van der Waals surface area (Å²) in [7, 11) is 0. The van der Waals surface area contributed by atoms with Gasteiger partial charge in [0.2, 0.25) is 5.91 Å². The van der Waals surface area contributed by atoms with Crippen LogP contribution in [-0.4, -0.2) is 46.0 Å². The van der Waals surface area contributed by atoms with Crippen molar-refractivity contribution in [3.05, 3.63) is 67.3 Å². The number of pyridine rings is 4. The van der Waals surface area contributed by atoms with Crippen molar-refractivity contribution < 1.29 is 9.18 Å². The van der Waals surface area contributed by atoms with E-state index < -0.39 is 5.82 Å². The zero-order valence-electron chi connectivity index (χ0n) is 20.4. The molecule has 0 aliphatic rings.